The number of furan rings is 1. The van der Waals surface area contributed by atoms with E-state index in [2.05, 4.69) is 29.7 Å². The van der Waals surface area contributed by atoms with Gasteiger partial charge in [-0.1, -0.05) is 42.5 Å². The predicted octanol–water partition coefficient (Wildman–Crippen LogP) is 5.15. The van der Waals surface area contributed by atoms with Crippen molar-refractivity contribution in [3.63, 3.8) is 0 Å². The van der Waals surface area contributed by atoms with Crippen molar-refractivity contribution in [3.05, 3.63) is 78.1 Å². The highest BCUT2D eigenvalue weighted by molar-refractivity contribution is 5.94. The van der Waals surface area contributed by atoms with Gasteiger partial charge in [0.2, 0.25) is 5.91 Å². The molecule has 0 radical (unpaired) electrons. The van der Waals surface area contributed by atoms with Gasteiger partial charge in [-0.2, -0.15) is 0 Å². The molecule has 0 saturated heterocycles. The second-order valence-corrected chi connectivity index (χ2v) is 7.12. The minimum Gasteiger partial charge on any atom is -0.460 e. The van der Waals surface area contributed by atoms with E-state index in [0.29, 0.717) is 6.54 Å². The third-order valence-electron chi connectivity index (χ3n) is 4.93. The molecule has 4 heteroatoms. The topological polar surface area (TPSA) is 54.3 Å². The second-order valence-electron chi connectivity index (χ2n) is 7.12. The average Bonchev–Trinajstić information content (AvgIpc) is 3.46. The second kappa shape index (κ2) is 7.80. The molecule has 1 aliphatic carbocycles. The van der Waals surface area contributed by atoms with Gasteiger partial charge in [-0.3, -0.25) is 4.79 Å². The number of hydrogen-bond donors (Lipinski definition) is 2. The SMILES string of the molecule is CC(NCc1ccc(-c2ccccc2)o1)c1ccc(NC(=O)C2CC2)cc1. The number of carbonyl (C=O) groups is 1. The number of amides is 1. The van der Waals surface area contributed by atoms with Crippen molar-refractivity contribution in [3.8, 4) is 11.3 Å². The van der Waals surface area contributed by atoms with Crippen LogP contribution in [0, 0.1) is 5.92 Å². The van der Waals surface area contributed by atoms with Gasteiger partial charge in [-0.15, -0.1) is 0 Å². The van der Waals surface area contributed by atoms with Gasteiger partial charge in [-0.25, -0.2) is 0 Å². The molecule has 1 atom stereocenters. The maximum absolute atomic E-state index is 11.8. The van der Waals surface area contributed by atoms with Crippen LogP contribution < -0.4 is 10.6 Å². The summed E-state index contributed by atoms with van der Waals surface area (Å²) in [6.07, 6.45) is 2.03. The molecule has 2 aromatic carbocycles. The zero-order valence-electron chi connectivity index (χ0n) is 15.4. The summed E-state index contributed by atoms with van der Waals surface area (Å²) in [5, 5.41) is 6.46. The number of nitrogens with one attached hydrogen (secondary N) is 2. The Balaban J connectivity index is 1.32. The van der Waals surface area contributed by atoms with E-state index < -0.39 is 0 Å². The number of benzene rings is 2. The van der Waals surface area contributed by atoms with Crippen LogP contribution in [0.1, 0.15) is 37.1 Å². The third kappa shape index (κ3) is 4.47. The van der Waals surface area contributed by atoms with E-state index in [9.17, 15) is 4.79 Å². The minimum atomic E-state index is 0.140. The maximum atomic E-state index is 11.8. The molecule has 0 aliphatic heterocycles. The van der Waals surface area contributed by atoms with Gasteiger partial charge in [0, 0.05) is 23.2 Å². The van der Waals surface area contributed by atoms with Crippen LogP contribution in [0.25, 0.3) is 11.3 Å². The van der Waals surface area contributed by atoms with E-state index in [1.54, 1.807) is 0 Å². The highest BCUT2D eigenvalue weighted by Gasteiger charge is 2.29. The molecule has 4 nitrogen and oxygen atoms in total. The summed E-state index contributed by atoms with van der Waals surface area (Å²) >= 11 is 0. The van der Waals surface area contributed by atoms with Gasteiger partial charge in [0.05, 0.1) is 6.54 Å². The van der Waals surface area contributed by atoms with Crippen LogP contribution in [-0.4, -0.2) is 5.91 Å². The number of carbonyl (C=O) groups excluding carboxylic acids is 1. The summed E-state index contributed by atoms with van der Waals surface area (Å²) in [5.74, 6) is 2.16. The molecule has 3 aromatic rings. The van der Waals surface area contributed by atoms with Gasteiger partial charge < -0.3 is 15.1 Å². The van der Waals surface area contributed by atoms with E-state index in [1.165, 1.54) is 5.56 Å². The molecule has 1 fully saturated rings. The molecule has 1 saturated carbocycles. The Labute approximate surface area is 159 Å². The molecule has 1 amide bonds. The van der Waals surface area contributed by atoms with Gasteiger partial charge >= 0.3 is 0 Å². The summed E-state index contributed by atoms with van der Waals surface area (Å²) in [6, 6.07) is 22.3. The van der Waals surface area contributed by atoms with Gasteiger partial charge in [0.25, 0.3) is 0 Å². The Morgan fingerprint density at radius 3 is 2.48 bits per heavy atom. The summed E-state index contributed by atoms with van der Waals surface area (Å²) < 4.78 is 5.94. The zero-order chi connectivity index (χ0) is 18.6. The van der Waals surface area contributed by atoms with Crippen LogP contribution in [0.4, 0.5) is 5.69 Å². The Bertz CT molecular complexity index is 896. The van der Waals surface area contributed by atoms with E-state index in [4.69, 9.17) is 4.42 Å². The van der Waals surface area contributed by atoms with Gasteiger partial charge in [0.15, 0.2) is 0 Å². The van der Waals surface area contributed by atoms with E-state index in [1.807, 2.05) is 54.6 Å². The van der Waals surface area contributed by atoms with Gasteiger partial charge in [-0.05, 0) is 49.6 Å². The molecule has 0 bridgehead atoms. The Morgan fingerprint density at radius 1 is 1.04 bits per heavy atom. The van der Waals surface area contributed by atoms with Crippen LogP contribution in [0.3, 0.4) is 0 Å². The van der Waals surface area contributed by atoms with Crippen molar-refractivity contribution in [2.45, 2.75) is 32.4 Å². The predicted molar refractivity (Wildman–Crippen MR) is 107 cm³/mol. The molecule has 27 heavy (non-hydrogen) atoms. The van der Waals surface area contributed by atoms with Crippen molar-refractivity contribution in [1.82, 2.24) is 5.32 Å². The first kappa shape index (κ1) is 17.6. The van der Waals surface area contributed by atoms with Crippen molar-refractivity contribution >= 4 is 11.6 Å². The monoisotopic (exact) mass is 360 g/mol. The zero-order valence-corrected chi connectivity index (χ0v) is 15.4. The summed E-state index contributed by atoms with van der Waals surface area (Å²) in [7, 11) is 0. The van der Waals surface area contributed by atoms with Crippen molar-refractivity contribution in [2.24, 2.45) is 5.92 Å². The highest BCUT2D eigenvalue weighted by atomic mass is 16.3. The van der Waals surface area contributed by atoms with Crippen LogP contribution in [0.2, 0.25) is 0 Å². The number of anilines is 1. The molecule has 0 spiro atoms. The Morgan fingerprint density at radius 2 is 1.78 bits per heavy atom. The standard InChI is InChI=1S/C23H24N2O2/c1-16(17-9-11-20(12-10-17)25-23(26)19-7-8-19)24-15-21-13-14-22(27-21)18-5-3-2-4-6-18/h2-6,9-14,16,19,24H,7-8,15H2,1H3,(H,25,26). The summed E-state index contributed by atoms with van der Waals surface area (Å²) in [6.45, 7) is 2.78. The highest BCUT2D eigenvalue weighted by Crippen LogP contribution is 2.30. The lowest BCUT2D eigenvalue weighted by Crippen LogP contribution is -2.18. The Kier molecular flexibility index (Phi) is 5.07. The first-order valence-corrected chi connectivity index (χ1v) is 9.47. The summed E-state index contributed by atoms with van der Waals surface area (Å²) in [4.78, 5) is 11.8. The van der Waals surface area contributed by atoms with Crippen LogP contribution >= 0.6 is 0 Å². The van der Waals surface area contributed by atoms with Crippen LogP contribution in [-0.2, 0) is 11.3 Å². The Hall–Kier alpha value is -2.85. The van der Waals surface area contributed by atoms with Crippen LogP contribution in [0.15, 0.2) is 71.1 Å². The first-order valence-electron chi connectivity index (χ1n) is 9.47. The van der Waals surface area contributed by atoms with Crippen molar-refractivity contribution < 1.29 is 9.21 Å². The van der Waals surface area contributed by atoms with Gasteiger partial charge in [0.1, 0.15) is 11.5 Å². The van der Waals surface area contributed by atoms with E-state index in [0.717, 1.165) is 35.6 Å². The lowest BCUT2D eigenvalue weighted by molar-refractivity contribution is -0.117. The quantitative estimate of drug-likeness (QED) is 0.613. The maximum Gasteiger partial charge on any atom is 0.227 e. The van der Waals surface area contributed by atoms with E-state index in [-0.39, 0.29) is 17.9 Å². The fraction of sp³-hybridized carbons (Fsp3) is 0.261. The van der Waals surface area contributed by atoms with E-state index >= 15 is 0 Å². The molecule has 1 aliphatic rings. The first-order chi connectivity index (χ1) is 13.2. The normalized spacial score (nSPS) is 14.7. The fourth-order valence-electron chi connectivity index (χ4n) is 3.05. The number of hydrogen-bond acceptors (Lipinski definition) is 3. The van der Waals surface area contributed by atoms with Crippen molar-refractivity contribution in [1.29, 1.82) is 0 Å². The smallest absolute Gasteiger partial charge is 0.227 e. The van der Waals surface area contributed by atoms with Crippen LogP contribution in [0.5, 0.6) is 0 Å². The molecule has 4 rings (SSSR count). The van der Waals surface area contributed by atoms with Crippen molar-refractivity contribution in [2.75, 3.05) is 5.32 Å². The number of rotatable bonds is 7. The molecule has 1 aromatic heterocycles. The summed E-state index contributed by atoms with van der Waals surface area (Å²) in [5.41, 5.74) is 3.12. The molecular formula is C23H24N2O2. The average molecular weight is 360 g/mol. The fourth-order valence-corrected chi connectivity index (χ4v) is 3.05. The third-order valence-corrected chi connectivity index (χ3v) is 4.93. The molecular weight excluding hydrogens is 336 g/mol. The molecule has 138 valence electrons. The molecule has 1 heterocycles. The molecule has 2 N–H and O–H groups in total. The molecule has 1 unspecified atom stereocenters. The lowest BCUT2D eigenvalue weighted by Gasteiger charge is -2.14. The minimum absolute atomic E-state index is 0.140. The lowest BCUT2D eigenvalue weighted by atomic mass is 10.1. The largest absolute Gasteiger partial charge is 0.460 e.